The molecule has 0 aromatic heterocycles. The minimum atomic E-state index is -1.23. The number of ether oxygens (including phenoxy) is 1. The molecular formula is C20H8Br4O5-. The van der Waals surface area contributed by atoms with Gasteiger partial charge in [0.1, 0.15) is 11.5 Å². The second-order valence-electron chi connectivity index (χ2n) is 6.21. The number of halogens is 4. The van der Waals surface area contributed by atoms with Crippen molar-refractivity contribution in [3.63, 3.8) is 0 Å². The second kappa shape index (κ2) is 7.70. The van der Waals surface area contributed by atoms with Crippen LogP contribution in [-0.4, -0.2) is 17.2 Å². The fourth-order valence-electron chi connectivity index (χ4n) is 3.23. The SMILES string of the molecule is [O]C1C(Br)=CC2=C(c3ccccc3C(=O)O)c3cc(Br)c([O-])c(Br)c3OC2=C1Br. The average molecular weight is 648 g/mol. The van der Waals surface area contributed by atoms with Gasteiger partial charge in [-0.05, 0) is 55.6 Å². The van der Waals surface area contributed by atoms with Crippen molar-refractivity contribution in [3.05, 3.63) is 82.3 Å². The number of benzene rings is 2. The fourth-order valence-corrected chi connectivity index (χ4v) is 5.74. The summed E-state index contributed by atoms with van der Waals surface area (Å²) in [7, 11) is 0. The molecule has 0 spiro atoms. The third kappa shape index (κ3) is 3.33. The highest BCUT2D eigenvalue weighted by Crippen LogP contribution is 2.52. The molecule has 147 valence electrons. The molecule has 1 aliphatic carbocycles. The van der Waals surface area contributed by atoms with E-state index in [1.165, 1.54) is 6.07 Å². The van der Waals surface area contributed by atoms with Crippen molar-refractivity contribution in [2.75, 3.05) is 0 Å². The first kappa shape index (κ1) is 20.9. The highest BCUT2D eigenvalue weighted by atomic mass is 79.9. The van der Waals surface area contributed by atoms with Gasteiger partial charge in [0.05, 0.1) is 14.5 Å². The largest absolute Gasteiger partial charge is 0.871 e. The lowest BCUT2D eigenvalue weighted by Crippen LogP contribution is -2.21. The van der Waals surface area contributed by atoms with Crippen molar-refractivity contribution in [1.29, 1.82) is 0 Å². The molecule has 2 aliphatic rings. The van der Waals surface area contributed by atoms with E-state index in [1.54, 1.807) is 30.3 Å². The van der Waals surface area contributed by atoms with E-state index in [4.69, 9.17) is 4.74 Å². The Morgan fingerprint density at radius 2 is 1.79 bits per heavy atom. The van der Waals surface area contributed by atoms with Crippen LogP contribution in [0.5, 0.6) is 11.5 Å². The Hall–Kier alpha value is -1.39. The van der Waals surface area contributed by atoms with Crippen LogP contribution in [0.3, 0.4) is 0 Å². The van der Waals surface area contributed by atoms with E-state index >= 15 is 0 Å². The predicted octanol–water partition coefficient (Wildman–Crippen LogP) is 5.88. The maximum Gasteiger partial charge on any atom is 0.336 e. The molecule has 0 saturated carbocycles. The number of hydrogen-bond donors (Lipinski definition) is 1. The zero-order chi connectivity index (χ0) is 21.0. The molecule has 5 nitrogen and oxygen atoms in total. The lowest BCUT2D eigenvalue weighted by atomic mass is 9.85. The van der Waals surface area contributed by atoms with Crippen LogP contribution in [0.4, 0.5) is 0 Å². The van der Waals surface area contributed by atoms with E-state index in [9.17, 15) is 20.1 Å². The molecule has 0 saturated heterocycles. The standard InChI is InChI=1S/C20H9Br4O5/c21-11-5-9-13(7-3-1-2-4-8(7)20(27)28)10-6-12(22)17(26)15(24)19(10)29-18(9)14(23)16(11)25/h1-6,16,26H,(H,27,28)/p-1. The summed E-state index contributed by atoms with van der Waals surface area (Å²) < 4.78 is 7.08. The van der Waals surface area contributed by atoms with E-state index in [0.29, 0.717) is 31.2 Å². The van der Waals surface area contributed by atoms with E-state index in [-0.39, 0.29) is 31.8 Å². The van der Waals surface area contributed by atoms with Crippen LogP contribution in [0.15, 0.2) is 65.7 Å². The van der Waals surface area contributed by atoms with Crippen molar-refractivity contribution in [1.82, 2.24) is 0 Å². The van der Waals surface area contributed by atoms with Gasteiger partial charge in [0.15, 0.2) is 6.10 Å². The fraction of sp³-hybridized carbons (Fsp3) is 0.0500. The minimum Gasteiger partial charge on any atom is -0.871 e. The topological polar surface area (TPSA) is 89.5 Å². The van der Waals surface area contributed by atoms with Crippen molar-refractivity contribution in [3.8, 4) is 11.5 Å². The Morgan fingerprint density at radius 3 is 2.48 bits per heavy atom. The first-order valence-electron chi connectivity index (χ1n) is 8.09. The highest BCUT2D eigenvalue weighted by Gasteiger charge is 2.35. The van der Waals surface area contributed by atoms with Gasteiger partial charge in [-0.3, -0.25) is 0 Å². The van der Waals surface area contributed by atoms with Gasteiger partial charge in [0.25, 0.3) is 0 Å². The first-order valence-corrected chi connectivity index (χ1v) is 11.3. The van der Waals surface area contributed by atoms with Crippen LogP contribution in [0, 0.1) is 0 Å². The maximum atomic E-state index is 12.5. The number of hydrogen-bond acceptors (Lipinski definition) is 3. The Bertz CT molecular complexity index is 1180. The minimum absolute atomic E-state index is 0.0885. The molecule has 1 radical (unpaired) electrons. The Kier molecular flexibility index (Phi) is 5.54. The zero-order valence-electron chi connectivity index (χ0n) is 14.1. The summed E-state index contributed by atoms with van der Waals surface area (Å²) in [5.74, 6) is -0.938. The molecule has 2 aromatic carbocycles. The van der Waals surface area contributed by atoms with E-state index in [0.717, 1.165) is 0 Å². The molecule has 9 heteroatoms. The Balaban J connectivity index is 2.18. The molecule has 1 heterocycles. The number of carbonyl (C=O) groups is 1. The van der Waals surface area contributed by atoms with Crippen molar-refractivity contribution in [2.45, 2.75) is 6.10 Å². The third-order valence-corrected chi connectivity index (χ3v) is 7.26. The average Bonchev–Trinajstić information content (AvgIpc) is 2.69. The lowest BCUT2D eigenvalue weighted by molar-refractivity contribution is -0.270. The van der Waals surface area contributed by atoms with Gasteiger partial charge in [0.2, 0.25) is 0 Å². The number of fused-ring (bicyclic) bond motifs is 2. The van der Waals surface area contributed by atoms with Crippen LogP contribution >= 0.6 is 63.7 Å². The lowest BCUT2D eigenvalue weighted by Gasteiger charge is -2.32. The summed E-state index contributed by atoms with van der Waals surface area (Å²) >= 11 is 13.1. The number of allylic oxidation sites excluding steroid dienone is 1. The van der Waals surface area contributed by atoms with E-state index in [2.05, 4.69) is 63.7 Å². The summed E-state index contributed by atoms with van der Waals surface area (Å²) in [6, 6.07) is 8.15. The summed E-state index contributed by atoms with van der Waals surface area (Å²) in [5, 5.41) is 34.6. The van der Waals surface area contributed by atoms with Gasteiger partial charge in [-0.2, -0.15) is 0 Å². The number of aromatic carboxylic acids is 1. The summed E-state index contributed by atoms with van der Waals surface area (Å²) in [5.41, 5.74) is 2.13. The smallest absolute Gasteiger partial charge is 0.336 e. The van der Waals surface area contributed by atoms with Crippen LogP contribution in [0.25, 0.3) is 5.57 Å². The van der Waals surface area contributed by atoms with Crippen molar-refractivity contribution < 1.29 is 24.9 Å². The summed E-state index contributed by atoms with van der Waals surface area (Å²) in [6.45, 7) is 0. The number of carboxylic acid groups (broad SMARTS) is 1. The molecule has 0 bridgehead atoms. The molecule has 1 unspecified atom stereocenters. The van der Waals surface area contributed by atoms with Crippen LogP contribution in [0.1, 0.15) is 21.5 Å². The monoisotopic (exact) mass is 644 g/mol. The Labute approximate surface area is 198 Å². The predicted molar refractivity (Wildman–Crippen MR) is 119 cm³/mol. The van der Waals surface area contributed by atoms with Gasteiger partial charge in [-0.15, -0.1) is 0 Å². The van der Waals surface area contributed by atoms with Gasteiger partial charge < -0.3 is 14.9 Å². The number of carboxylic acids is 1. The molecule has 4 rings (SSSR count). The van der Waals surface area contributed by atoms with Crippen molar-refractivity contribution >= 4 is 75.3 Å². The van der Waals surface area contributed by atoms with Gasteiger partial charge in [-0.25, -0.2) is 9.90 Å². The van der Waals surface area contributed by atoms with Crippen LogP contribution in [0.2, 0.25) is 0 Å². The molecule has 1 atom stereocenters. The number of rotatable bonds is 2. The molecule has 2 aromatic rings. The highest BCUT2D eigenvalue weighted by molar-refractivity contribution is 9.12. The molecule has 29 heavy (non-hydrogen) atoms. The molecule has 0 amide bonds. The first-order chi connectivity index (χ1) is 13.7. The maximum absolute atomic E-state index is 12.5. The molecular weight excluding hydrogens is 640 g/mol. The van der Waals surface area contributed by atoms with E-state index < -0.39 is 12.1 Å². The second-order valence-corrected chi connectivity index (χ2v) is 9.62. The molecule has 0 fully saturated rings. The van der Waals surface area contributed by atoms with Crippen molar-refractivity contribution in [2.24, 2.45) is 0 Å². The van der Waals surface area contributed by atoms with Gasteiger partial charge >= 0.3 is 5.97 Å². The molecule has 1 aliphatic heterocycles. The summed E-state index contributed by atoms with van der Waals surface area (Å²) in [4.78, 5) is 11.9. The Morgan fingerprint density at radius 1 is 1.10 bits per heavy atom. The summed E-state index contributed by atoms with van der Waals surface area (Å²) in [6.07, 6.45) is 0.397. The van der Waals surface area contributed by atoms with Gasteiger partial charge in [-0.1, -0.05) is 55.8 Å². The zero-order valence-corrected chi connectivity index (χ0v) is 20.5. The van der Waals surface area contributed by atoms with Crippen LogP contribution < -0.4 is 9.84 Å². The van der Waals surface area contributed by atoms with Crippen LogP contribution in [-0.2, 0) is 5.11 Å². The quantitative estimate of drug-likeness (QED) is 0.441. The molecule has 1 N–H and O–H groups in total. The normalized spacial score (nSPS) is 18.1. The van der Waals surface area contributed by atoms with E-state index in [1.807, 2.05) is 0 Å². The van der Waals surface area contributed by atoms with Gasteiger partial charge in [0, 0.05) is 25.7 Å². The third-order valence-electron chi connectivity index (χ3n) is 4.53.